The standard InChI is InChI=1S/C23H23F3N2O5/c24-23(25,26)14(11-21(30)31)9-10-27-20(29)12-28-22(32)33-13-19-17-7-3-1-5-15(17)16-6-2-4-8-18(16)19/h1-8,14,19H,9-13H2,(H,27,29)(H,28,32)(H,30,31). The summed E-state index contributed by atoms with van der Waals surface area (Å²) in [6, 6.07) is 15.6. The highest BCUT2D eigenvalue weighted by Crippen LogP contribution is 2.44. The highest BCUT2D eigenvalue weighted by atomic mass is 19.4. The highest BCUT2D eigenvalue weighted by Gasteiger charge is 2.40. The van der Waals surface area contributed by atoms with Gasteiger partial charge in [0.1, 0.15) is 6.61 Å². The first kappa shape index (κ1) is 24.1. The van der Waals surface area contributed by atoms with Crippen molar-refractivity contribution in [1.82, 2.24) is 10.6 Å². The molecule has 7 nitrogen and oxygen atoms in total. The Kier molecular flexibility index (Phi) is 7.57. The summed E-state index contributed by atoms with van der Waals surface area (Å²) in [5.41, 5.74) is 4.21. The number of carbonyl (C=O) groups is 3. The molecule has 2 aromatic carbocycles. The normalized spacial score (nSPS) is 13.5. The molecule has 2 aromatic rings. The summed E-state index contributed by atoms with van der Waals surface area (Å²) in [6.07, 6.45) is -7.15. The number of hydrogen-bond acceptors (Lipinski definition) is 4. The van der Waals surface area contributed by atoms with Gasteiger partial charge >= 0.3 is 18.2 Å². The molecule has 0 saturated heterocycles. The molecule has 2 amide bonds. The number of alkyl halides is 3. The molecule has 0 saturated carbocycles. The molecule has 0 heterocycles. The van der Waals surface area contributed by atoms with Crippen molar-refractivity contribution in [3.63, 3.8) is 0 Å². The first-order chi connectivity index (χ1) is 15.7. The lowest BCUT2D eigenvalue weighted by molar-refractivity contribution is -0.184. The van der Waals surface area contributed by atoms with E-state index < -0.39 is 49.5 Å². The lowest BCUT2D eigenvalue weighted by Crippen LogP contribution is -2.39. The van der Waals surface area contributed by atoms with Crippen molar-refractivity contribution < 1.29 is 37.4 Å². The number of carboxylic acid groups (broad SMARTS) is 1. The molecule has 0 aliphatic heterocycles. The highest BCUT2D eigenvalue weighted by molar-refractivity contribution is 5.82. The number of ether oxygens (including phenoxy) is 1. The van der Waals surface area contributed by atoms with Gasteiger partial charge in [-0.3, -0.25) is 9.59 Å². The zero-order valence-electron chi connectivity index (χ0n) is 17.5. The molecule has 3 N–H and O–H groups in total. The molecular formula is C23H23F3N2O5. The van der Waals surface area contributed by atoms with Crippen LogP contribution in [0, 0.1) is 5.92 Å². The number of benzene rings is 2. The van der Waals surface area contributed by atoms with Gasteiger partial charge in [-0.2, -0.15) is 13.2 Å². The molecule has 3 rings (SSSR count). The van der Waals surface area contributed by atoms with Crippen molar-refractivity contribution in [2.24, 2.45) is 5.92 Å². The largest absolute Gasteiger partial charge is 0.481 e. The van der Waals surface area contributed by atoms with Gasteiger partial charge in [0, 0.05) is 12.5 Å². The Balaban J connectivity index is 1.44. The van der Waals surface area contributed by atoms with Gasteiger partial charge in [0.25, 0.3) is 0 Å². The summed E-state index contributed by atoms with van der Waals surface area (Å²) in [4.78, 5) is 34.4. The number of amides is 2. The van der Waals surface area contributed by atoms with Crippen LogP contribution in [0.3, 0.4) is 0 Å². The Labute approximate surface area is 187 Å². The molecule has 0 aromatic heterocycles. The quantitative estimate of drug-likeness (QED) is 0.525. The van der Waals surface area contributed by atoms with Crippen molar-refractivity contribution in [1.29, 1.82) is 0 Å². The van der Waals surface area contributed by atoms with Crippen LogP contribution in [0.4, 0.5) is 18.0 Å². The van der Waals surface area contributed by atoms with E-state index in [1.165, 1.54) is 0 Å². The van der Waals surface area contributed by atoms with Gasteiger partial charge in [-0.15, -0.1) is 0 Å². The minimum atomic E-state index is -4.68. The van der Waals surface area contributed by atoms with Crippen molar-refractivity contribution in [3.05, 3.63) is 59.7 Å². The molecule has 10 heteroatoms. The third kappa shape index (κ3) is 6.24. The first-order valence-electron chi connectivity index (χ1n) is 10.3. The van der Waals surface area contributed by atoms with Crippen LogP contribution >= 0.6 is 0 Å². The number of aliphatic carboxylic acids is 1. The Morgan fingerprint density at radius 3 is 2.09 bits per heavy atom. The second kappa shape index (κ2) is 10.4. The lowest BCUT2D eigenvalue weighted by atomic mass is 9.98. The molecular weight excluding hydrogens is 441 g/mol. The molecule has 1 aliphatic carbocycles. The number of carboxylic acids is 1. The molecule has 33 heavy (non-hydrogen) atoms. The van der Waals surface area contributed by atoms with E-state index in [1.807, 2.05) is 48.5 Å². The number of alkyl carbamates (subject to hydrolysis) is 1. The van der Waals surface area contributed by atoms with Gasteiger partial charge in [-0.05, 0) is 28.7 Å². The molecule has 0 bridgehead atoms. The molecule has 176 valence electrons. The minimum absolute atomic E-state index is 0.0595. The average Bonchev–Trinajstić information content (AvgIpc) is 3.08. The van der Waals surface area contributed by atoms with E-state index in [0.717, 1.165) is 22.3 Å². The summed E-state index contributed by atoms with van der Waals surface area (Å²) in [6.45, 7) is -0.793. The predicted molar refractivity (Wildman–Crippen MR) is 112 cm³/mol. The van der Waals surface area contributed by atoms with Crippen molar-refractivity contribution in [2.45, 2.75) is 24.9 Å². The number of nitrogens with one attached hydrogen (secondary N) is 2. The van der Waals surface area contributed by atoms with E-state index >= 15 is 0 Å². The first-order valence-corrected chi connectivity index (χ1v) is 10.3. The number of fused-ring (bicyclic) bond motifs is 3. The summed E-state index contributed by atoms with van der Waals surface area (Å²) >= 11 is 0. The van der Waals surface area contributed by atoms with Crippen LogP contribution in [-0.2, 0) is 14.3 Å². The number of halogens is 3. The average molecular weight is 464 g/mol. The van der Waals surface area contributed by atoms with Crippen molar-refractivity contribution >= 4 is 18.0 Å². The summed E-state index contributed by atoms with van der Waals surface area (Å²) in [5.74, 6) is -4.49. The van der Waals surface area contributed by atoms with Crippen LogP contribution < -0.4 is 10.6 Å². The molecule has 1 unspecified atom stereocenters. The van der Waals surface area contributed by atoms with Crippen molar-refractivity contribution in [2.75, 3.05) is 19.7 Å². The number of carbonyl (C=O) groups excluding carboxylic acids is 2. The molecule has 1 aliphatic rings. The summed E-state index contributed by atoms with van der Waals surface area (Å²) in [5, 5.41) is 13.1. The van der Waals surface area contributed by atoms with Crippen LogP contribution in [0.1, 0.15) is 29.9 Å². The molecule has 0 fully saturated rings. The summed E-state index contributed by atoms with van der Waals surface area (Å²) < 4.78 is 43.7. The van der Waals surface area contributed by atoms with Crippen LogP contribution in [0.2, 0.25) is 0 Å². The second-order valence-corrected chi connectivity index (χ2v) is 7.65. The molecule has 0 radical (unpaired) electrons. The Bertz CT molecular complexity index is 980. The van der Waals surface area contributed by atoms with E-state index in [9.17, 15) is 27.6 Å². The zero-order valence-corrected chi connectivity index (χ0v) is 17.5. The van der Waals surface area contributed by atoms with Gasteiger partial charge in [-0.25, -0.2) is 4.79 Å². The maximum absolute atomic E-state index is 12.8. The van der Waals surface area contributed by atoms with Crippen LogP contribution in [0.15, 0.2) is 48.5 Å². The maximum atomic E-state index is 12.8. The lowest BCUT2D eigenvalue weighted by Gasteiger charge is -2.18. The van der Waals surface area contributed by atoms with E-state index in [-0.39, 0.29) is 19.1 Å². The maximum Gasteiger partial charge on any atom is 0.407 e. The van der Waals surface area contributed by atoms with Gasteiger partial charge in [-0.1, -0.05) is 48.5 Å². The van der Waals surface area contributed by atoms with E-state index in [1.54, 1.807) is 0 Å². The fourth-order valence-corrected chi connectivity index (χ4v) is 3.84. The van der Waals surface area contributed by atoms with E-state index in [4.69, 9.17) is 9.84 Å². The van der Waals surface area contributed by atoms with Gasteiger partial charge in [0.05, 0.1) is 18.9 Å². The Morgan fingerprint density at radius 2 is 1.55 bits per heavy atom. The Morgan fingerprint density at radius 1 is 0.970 bits per heavy atom. The van der Waals surface area contributed by atoms with Gasteiger partial charge < -0.3 is 20.5 Å². The van der Waals surface area contributed by atoms with Crippen molar-refractivity contribution in [3.8, 4) is 11.1 Å². The second-order valence-electron chi connectivity index (χ2n) is 7.65. The third-order valence-electron chi connectivity index (χ3n) is 5.44. The predicted octanol–water partition coefficient (Wildman–Crippen LogP) is 3.68. The monoisotopic (exact) mass is 464 g/mol. The molecule has 1 atom stereocenters. The fraction of sp³-hybridized carbons (Fsp3) is 0.348. The third-order valence-corrected chi connectivity index (χ3v) is 5.44. The smallest absolute Gasteiger partial charge is 0.407 e. The summed E-state index contributed by atoms with van der Waals surface area (Å²) in [7, 11) is 0. The SMILES string of the molecule is O=C(O)CC(CCNC(=O)CNC(=O)OCC1c2ccccc2-c2ccccc21)C(F)(F)F. The fourth-order valence-electron chi connectivity index (χ4n) is 3.84. The number of hydrogen-bond donors (Lipinski definition) is 3. The zero-order chi connectivity index (χ0) is 24.0. The van der Waals surface area contributed by atoms with Gasteiger partial charge in [0.15, 0.2) is 0 Å². The minimum Gasteiger partial charge on any atom is -0.481 e. The van der Waals surface area contributed by atoms with E-state index in [2.05, 4.69) is 10.6 Å². The molecule has 0 spiro atoms. The Hall–Kier alpha value is -3.56. The topological polar surface area (TPSA) is 105 Å². The van der Waals surface area contributed by atoms with Gasteiger partial charge in [0.2, 0.25) is 5.91 Å². The number of rotatable bonds is 9. The van der Waals surface area contributed by atoms with Crippen LogP contribution in [0.5, 0.6) is 0 Å². The van der Waals surface area contributed by atoms with Crippen LogP contribution in [-0.4, -0.2) is 48.9 Å². The van der Waals surface area contributed by atoms with Crippen LogP contribution in [0.25, 0.3) is 11.1 Å². The van der Waals surface area contributed by atoms with E-state index in [0.29, 0.717) is 0 Å².